The lowest BCUT2D eigenvalue weighted by Gasteiger charge is -2.15. The predicted octanol–water partition coefficient (Wildman–Crippen LogP) is 5.09. The van der Waals surface area contributed by atoms with Crippen LogP contribution in [-0.2, 0) is 9.53 Å². The zero-order valence-electron chi connectivity index (χ0n) is 17.3. The molecule has 1 unspecified atom stereocenters. The quantitative estimate of drug-likeness (QED) is 0.507. The Balaban J connectivity index is 1.26. The Hall–Kier alpha value is -3.51. The minimum atomic E-state index is -0.148. The summed E-state index contributed by atoms with van der Waals surface area (Å²) >= 11 is 0. The second-order valence-corrected chi connectivity index (χ2v) is 7.28. The molecule has 1 atom stereocenters. The number of carbonyl (C=O) groups excluding carboxylic acids is 1. The van der Waals surface area contributed by atoms with Crippen molar-refractivity contribution in [2.45, 2.75) is 18.9 Å². The largest absolute Gasteiger partial charge is 0.489 e. The van der Waals surface area contributed by atoms with Gasteiger partial charge in [0.1, 0.15) is 23.9 Å². The molecular weight excluding hydrogens is 392 g/mol. The number of ether oxygens (including phenoxy) is 3. The highest BCUT2D eigenvalue weighted by Gasteiger charge is 2.16. The highest BCUT2D eigenvalue weighted by atomic mass is 16.5. The lowest BCUT2D eigenvalue weighted by atomic mass is 10.2. The number of benzene rings is 3. The Kier molecular flexibility index (Phi) is 7.03. The molecule has 31 heavy (non-hydrogen) atoms. The number of amides is 1. The first-order valence-corrected chi connectivity index (χ1v) is 10.5. The third-order valence-electron chi connectivity index (χ3n) is 4.89. The van der Waals surface area contributed by atoms with Crippen molar-refractivity contribution in [1.29, 1.82) is 0 Å². The Labute approximate surface area is 182 Å². The van der Waals surface area contributed by atoms with Crippen molar-refractivity contribution < 1.29 is 19.0 Å². The number of hydrogen-bond acceptors (Lipinski definition) is 5. The van der Waals surface area contributed by atoms with Crippen molar-refractivity contribution in [2.24, 2.45) is 0 Å². The Morgan fingerprint density at radius 1 is 0.935 bits per heavy atom. The number of nitrogens with one attached hydrogen (secondary N) is 2. The van der Waals surface area contributed by atoms with Crippen LogP contribution in [-0.4, -0.2) is 31.8 Å². The fourth-order valence-corrected chi connectivity index (χ4v) is 3.31. The van der Waals surface area contributed by atoms with E-state index in [1.165, 1.54) is 0 Å². The maximum atomic E-state index is 12.4. The maximum absolute atomic E-state index is 12.4. The number of carbonyl (C=O) groups is 1. The minimum absolute atomic E-state index is 0.128. The molecule has 1 aliphatic heterocycles. The Bertz CT molecular complexity index is 970. The van der Waals surface area contributed by atoms with Crippen molar-refractivity contribution in [1.82, 2.24) is 0 Å². The van der Waals surface area contributed by atoms with Gasteiger partial charge in [0.25, 0.3) is 0 Å². The summed E-state index contributed by atoms with van der Waals surface area (Å²) in [5.41, 5.74) is 1.48. The second kappa shape index (κ2) is 10.5. The van der Waals surface area contributed by atoms with E-state index in [0.717, 1.165) is 30.9 Å². The van der Waals surface area contributed by atoms with E-state index in [-0.39, 0.29) is 18.6 Å². The molecule has 2 N–H and O–H groups in total. The number of hydrogen-bond donors (Lipinski definition) is 2. The van der Waals surface area contributed by atoms with Gasteiger partial charge in [-0.25, -0.2) is 0 Å². The van der Waals surface area contributed by atoms with E-state index < -0.39 is 0 Å². The van der Waals surface area contributed by atoms with E-state index in [1.807, 2.05) is 78.9 Å². The molecule has 1 amide bonds. The van der Waals surface area contributed by atoms with Gasteiger partial charge in [0, 0.05) is 12.3 Å². The van der Waals surface area contributed by atoms with Crippen LogP contribution in [0.2, 0.25) is 0 Å². The van der Waals surface area contributed by atoms with Crippen LogP contribution in [0.15, 0.2) is 78.9 Å². The molecule has 160 valence electrons. The van der Waals surface area contributed by atoms with Crippen molar-refractivity contribution >= 4 is 17.3 Å². The SMILES string of the molecule is O=C(CNc1ccccc1OCC1CCCO1)Nc1ccc(Oc2ccccc2)cc1. The van der Waals surface area contributed by atoms with Gasteiger partial charge in [-0.3, -0.25) is 4.79 Å². The molecule has 0 radical (unpaired) electrons. The van der Waals surface area contributed by atoms with Crippen LogP contribution in [0, 0.1) is 0 Å². The number of para-hydroxylation sites is 3. The molecule has 1 aliphatic rings. The molecule has 4 rings (SSSR count). The Morgan fingerprint density at radius 3 is 2.45 bits per heavy atom. The fraction of sp³-hybridized carbons (Fsp3) is 0.240. The lowest BCUT2D eigenvalue weighted by molar-refractivity contribution is -0.114. The molecular formula is C25H26N2O4. The Morgan fingerprint density at radius 2 is 1.68 bits per heavy atom. The van der Waals surface area contributed by atoms with Gasteiger partial charge in [-0.05, 0) is 61.4 Å². The third kappa shape index (κ3) is 6.23. The maximum Gasteiger partial charge on any atom is 0.243 e. The normalized spacial score (nSPS) is 15.3. The standard InChI is InChI=1S/C25H26N2O4/c28-25(27-19-12-14-21(15-13-19)31-20-7-2-1-3-8-20)17-26-23-10-4-5-11-24(23)30-18-22-9-6-16-29-22/h1-5,7-8,10-15,22,26H,6,9,16-18H2,(H,27,28). The van der Waals surface area contributed by atoms with Gasteiger partial charge in [-0.1, -0.05) is 30.3 Å². The zero-order chi connectivity index (χ0) is 21.3. The molecule has 1 saturated heterocycles. The first kappa shape index (κ1) is 20.8. The topological polar surface area (TPSA) is 68.8 Å². The summed E-state index contributed by atoms with van der Waals surface area (Å²) in [5, 5.41) is 6.03. The van der Waals surface area contributed by atoms with Crippen molar-refractivity contribution in [3.05, 3.63) is 78.9 Å². The molecule has 6 heteroatoms. The molecule has 0 aliphatic carbocycles. The average Bonchev–Trinajstić information content (AvgIpc) is 3.33. The van der Waals surface area contributed by atoms with Crippen LogP contribution in [0.5, 0.6) is 17.2 Å². The highest BCUT2D eigenvalue weighted by molar-refractivity contribution is 5.94. The second-order valence-electron chi connectivity index (χ2n) is 7.28. The lowest BCUT2D eigenvalue weighted by Crippen LogP contribution is -2.22. The van der Waals surface area contributed by atoms with Gasteiger partial charge in [-0.2, -0.15) is 0 Å². The van der Waals surface area contributed by atoms with E-state index in [1.54, 1.807) is 0 Å². The smallest absolute Gasteiger partial charge is 0.243 e. The monoisotopic (exact) mass is 418 g/mol. The molecule has 0 bridgehead atoms. The minimum Gasteiger partial charge on any atom is -0.489 e. The van der Waals surface area contributed by atoms with Crippen molar-refractivity contribution in [3.8, 4) is 17.2 Å². The van der Waals surface area contributed by atoms with Crippen LogP contribution in [0.3, 0.4) is 0 Å². The summed E-state index contributed by atoms with van der Waals surface area (Å²) in [4.78, 5) is 12.4. The van der Waals surface area contributed by atoms with Crippen LogP contribution < -0.4 is 20.1 Å². The number of anilines is 2. The van der Waals surface area contributed by atoms with E-state index in [9.17, 15) is 4.79 Å². The van der Waals surface area contributed by atoms with Crippen LogP contribution in [0.25, 0.3) is 0 Å². The molecule has 0 aromatic heterocycles. The molecule has 1 fully saturated rings. The van der Waals surface area contributed by atoms with E-state index >= 15 is 0 Å². The zero-order valence-corrected chi connectivity index (χ0v) is 17.3. The van der Waals surface area contributed by atoms with Gasteiger partial charge < -0.3 is 24.8 Å². The fourth-order valence-electron chi connectivity index (χ4n) is 3.31. The van der Waals surface area contributed by atoms with Gasteiger partial charge in [0.15, 0.2) is 0 Å². The molecule has 1 heterocycles. The molecule has 3 aromatic carbocycles. The predicted molar refractivity (Wildman–Crippen MR) is 121 cm³/mol. The molecule has 6 nitrogen and oxygen atoms in total. The van der Waals surface area contributed by atoms with Crippen molar-refractivity contribution in [3.63, 3.8) is 0 Å². The van der Waals surface area contributed by atoms with Crippen LogP contribution in [0.1, 0.15) is 12.8 Å². The third-order valence-corrected chi connectivity index (χ3v) is 4.89. The van der Waals surface area contributed by atoms with Gasteiger partial charge in [0.2, 0.25) is 5.91 Å². The van der Waals surface area contributed by atoms with Crippen LogP contribution in [0.4, 0.5) is 11.4 Å². The highest BCUT2D eigenvalue weighted by Crippen LogP contribution is 2.25. The van der Waals surface area contributed by atoms with Crippen molar-refractivity contribution in [2.75, 3.05) is 30.4 Å². The summed E-state index contributed by atoms with van der Waals surface area (Å²) in [6.07, 6.45) is 2.24. The number of rotatable bonds is 9. The summed E-state index contributed by atoms with van der Waals surface area (Å²) < 4.78 is 17.3. The molecule has 0 saturated carbocycles. The first-order chi connectivity index (χ1) is 15.3. The van der Waals surface area contributed by atoms with Gasteiger partial charge in [0.05, 0.1) is 18.3 Å². The van der Waals surface area contributed by atoms with E-state index in [4.69, 9.17) is 14.2 Å². The van der Waals surface area contributed by atoms with Gasteiger partial charge >= 0.3 is 0 Å². The van der Waals surface area contributed by atoms with Gasteiger partial charge in [-0.15, -0.1) is 0 Å². The molecule has 0 spiro atoms. The summed E-state index contributed by atoms with van der Waals surface area (Å²) in [7, 11) is 0. The van der Waals surface area contributed by atoms with E-state index in [2.05, 4.69) is 10.6 Å². The molecule has 3 aromatic rings. The summed E-state index contributed by atoms with van der Waals surface area (Å²) in [5.74, 6) is 2.04. The van der Waals surface area contributed by atoms with Crippen LogP contribution >= 0.6 is 0 Å². The van der Waals surface area contributed by atoms with E-state index in [0.29, 0.717) is 23.8 Å². The average molecular weight is 418 g/mol. The summed E-state index contributed by atoms with van der Waals surface area (Å²) in [6.45, 7) is 1.44. The summed E-state index contributed by atoms with van der Waals surface area (Å²) in [6, 6.07) is 24.4. The first-order valence-electron chi connectivity index (χ1n) is 10.5.